The van der Waals surface area contributed by atoms with Crippen molar-refractivity contribution in [2.75, 3.05) is 25.5 Å². The Kier molecular flexibility index (Phi) is 6.35. The van der Waals surface area contributed by atoms with Crippen LogP contribution in [0.2, 0.25) is 0 Å². The van der Waals surface area contributed by atoms with Crippen LogP contribution >= 0.6 is 35.7 Å². The van der Waals surface area contributed by atoms with Crippen molar-refractivity contribution in [2.24, 2.45) is 0 Å². The summed E-state index contributed by atoms with van der Waals surface area (Å²) in [4.78, 5) is 32.5. The maximum atomic E-state index is 13.1. The minimum atomic E-state index is -0.263. The van der Waals surface area contributed by atoms with E-state index < -0.39 is 0 Å². The first-order valence-electron chi connectivity index (χ1n) is 9.20. The lowest BCUT2D eigenvalue weighted by atomic mass is 10.2. The Morgan fingerprint density at radius 2 is 2.28 bits per heavy atom. The molecule has 0 aliphatic carbocycles. The Bertz CT molecular complexity index is 1050. The highest BCUT2D eigenvalue weighted by molar-refractivity contribution is 8.26. The summed E-state index contributed by atoms with van der Waals surface area (Å²) in [7, 11) is 0. The Morgan fingerprint density at radius 3 is 3.03 bits per heavy atom. The number of hydrogen-bond donors (Lipinski definition) is 1. The van der Waals surface area contributed by atoms with Crippen LogP contribution in [0.25, 0.3) is 11.7 Å². The van der Waals surface area contributed by atoms with E-state index >= 15 is 0 Å². The van der Waals surface area contributed by atoms with Crippen LogP contribution in [0, 0.1) is 0 Å². The van der Waals surface area contributed by atoms with Gasteiger partial charge in [0.15, 0.2) is 0 Å². The maximum absolute atomic E-state index is 13.1. The Balaban J connectivity index is 1.71. The highest BCUT2D eigenvalue weighted by atomic mass is 32.2. The number of rotatable bonds is 6. The molecule has 10 heteroatoms. The molecule has 152 valence electrons. The van der Waals surface area contributed by atoms with Crippen molar-refractivity contribution in [3.63, 3.8) is 0 Å². The summed E-state index contributed by atoms with van der Waals surface area (Å²) in [5, 5.41) is 9.68. The van der Waals surface area contributed by atoms with Crippen LogP contribution in [0.3, 0.4) is 0 Å². The molecule has 4 rings (SSSR count). The van der Waals surface area contributed by atoms with E-state index in [1.807, 2.05) is 0 Å². The lowest BCUT2D eigenvalue weighted by molar-refractivity contribution is -0.123. The van der Waals surface area contributed by atoms with Crippen LogP contribution < -0.4 is 5.56 Å². The Morgan fingerprint density at radius 1 is 1.41 bits per heavy atom. The van der Waals surface area contributed by atoms with Crippen molar-refractivity contribution in [2.45, 2.75) is 24.0 Å². The summed E-state index contributed by atoms with van der Waals surface area (Å²) in [6, 6.07) is 5.30. The number of nitrogens with zero attached hydrogens (tertiary/aromatic N) is 3. The maximum Gasteiger partial charge on any atom is 0.266 e. The quantitative estimate of drug-likeness (QED) is 0.311. The van der Waals surface area contributed by atoms with Crippen molar-refractivity contribution >= 4 is 57.7 Å². The molecular formula is C19H19N3O4S3. The van der Waals surface area contributed by atoms with E-state index in [0.717, 1.165) is 12.8 Å². The van der Waals surface area contributed by atoms with E-state index in [-0.39, 0.29) is 24.2 Å². The number of aromatic nitrogens is 2. The van der Waals surface area contributed by atoms with E-state index in [9.17, 15) is 14.7 Å². The number of amides is 1. The number of carbonyl (C=O) groups is 1. The van der Waals surface area contributed by atoms with Gasteiger partial charge in [-0.05, 0) is 31.1 Å². The fourth-order valence-corrected chi connectivity index (χ4v) is 5.24. The van der Waals surface area contributed by atoms with Gasteiger partial charge in [0.1, 0.15) is 15.0 Å². The predicted octanol–water partition coefficient (Wildman–Crippen LogP) is 2.16. The standard InChI is InChI=1S/C19H19N3O4S3/c23-7-9-28-16-13(17(24)21-6-2-1-5-15(21)20-16)10-14-18(25)22(19(27)29-14)11-12-4-3-8-26-12/h1-2,5-6,10,12,23H,3-4,7-9,11H2/b14-10-/t12-/m0/s1. The van der Waals surface area contributed by atoms with Crippen LogP contribution in [-0.2, 0) is 9.53 Å². The number of pyridine rings is 1. The first-order valence-corrected chi connectivity index (χ1v) is 11.4. The molecule has 0 aromatic carbocycles. The molecule has 0 spiro atoms. The second-order valence-corrected chi connectivity index (χ2v) is 9.32. The number of fused-ring (bicyclic) bond motifs is 1. The zero-order valence-corrected chi connectivity index (χ0v) is 17.9. The minimum absolute atomic E-state index is 0.000446. The third-order valence-corrected chi connectivity index (χ3v) is 6.97. The van der Waals surface area contributed by atoms with Crippen molar-refractivity contribution in [3.8, 4) is 0 Å². The van der Waals surface area contributed by atoms with Gasteiger partial charge in [0, 0.05) is 18.6 Å². The van der Waals surface area contributed by atoms with Crippen LogP contribution in [0.1, 0.15) is 18.4 Å². The first-order chi connectivity index (χ1) is 14.1. The summed E-state index contributed by atoms with van der Waals surface area (Å²) in [6.45, 7) is 1.10. The molecule has 1 N–H and O–H groups in total. The highest BCUT2D eigenvalue weighted by Gasteiger charge is 2.35. The molecule has 0 bridgehead atoms. The van der Waals surface area contributed by atoms with Gasteiger partial charge in [-0.15, -0.1) is 11.8 Å². The summed E-state index contributed by atoms with van der Waals surface area (Å²) in [5.41, 5.74) is 0.575. The van der Waals surface area contributed by atoms with Crippen LogP contribution in [0.15, 0.2) is 39.1 Å². The van der Waals surface area contributed by atoms with E-state index in [2.05, 4.69) is 4.98 Å². The summed E-state index contributed by atoms with van der Waals surface area (Å²) < 4.78 is 7.54. The molecule has 2 aromatic rings. The van der Waals surface area contributed by atoms with Crippen LogP contribution in [-0.4, -0.2) is 61.2 Å². The number of carbonyl (C=O) groups excluding carboxylic acids is 1. The number of thioether (sulfide) groups is 2. The Hall–Kier alpha value is -1.72. The molecule has 2 aliphatic heterocycles. The van der Waals surface area contributed by atoms with E-state index in [0.29, 0.717) is 44.4 Å². The van der Waals surface area contributed by atoms with Gasteiger partial charge in [-0.3, -0.25) is 18.9 Å². The lowest BCUT2D eigenvalue weighted by Gasteiger charge is -2.18. The van der Waals surface area contributed by atoms with Crippen molar-refractivity contribution in [1.82, 2.24) is 14.3 Å². The van der Waals surface area contributed by atoms with Gasteiger partial charge in [-0.2, -0.15) is 0 Å². The largest absolute Gasteiger partial charge is 0.396 e. The van der Waals surface area contributed by atoms with Gasteiger partial charge < -0.3 is 9.84 Å². The first kappa shape index (κ1) is 20.5. The fourth-order valence-electron chi connectivity index (χ4n) is 3.24. The van der Waals surface area contributed by atoms with Gasteiger partial charge in [0.05, 0.1) is 29.7 Å². The van der Waals surface area contributed by atoms with Gasteiger partial charge in [-0.25, -0.2) is 4.98 Å². The lowest BCUT2D eigenvalue weighted by Crippen LogP contribution is -2.35. The molecule has 1 atom stereocenters. The number of thiocarbonyl (C=S) groups is 1. The highest BCUT2D eigenvalue weighted by Crippen LogP contribution is 2.34. The monoisotopic (exact) mass is 449 g/mol. The molecule has 7 nitrogen and oxygen atoms in total. The van der Waals surface area contributed by atoms with Gasteiger partial charge in [-0.1, -0.05) is 30.0 Å². The van der Waals surface area contributed by atoms with Crippen LogP contribution in [0.4, 0.5) is 0 Å². The van der Waals surface area contributed by atoms with Crippen molar-refractivity contribution in [3.05, 3.63) is 45.2 Å². The van der Waals surface area contributed by atoms with Gasteiger partial charge in [0.25, 0.3) is 11.5 Å². The fraction of sp³-hybridized carbons (Fsp3) is 0.368. The van der Waals surface area contributed by atoms with E-state index in [4.69, 9.17) is 17.0 Å². The van der Waals surface area contributed by atoms with Gasteiger partial charge >= 0.3 is 0 Å². The summed E-state index contributed by atoms with van der Waals surface area (Å²) >= 11 is 7.86. The third-order valence-electron chi connectivity index (χ3n) is 4.62. The average Bonchev–Trinajstić information content (AvgIpc) is 3.33. The second kappa shape index (κ2) is 8.97. The number of ether oxygens (including phenoxy) is 1. The molecule has 0 unspecified atom stereocenters. The smallest absolute Gasteiger partial charge is 0.266 e. The molecule has 2 aromatic heterocycles. The summed E-state index contributed by atoms with van der Waals surface area (Å²) in [6.07, 6.45) is 5.11. The molecule has 1 amide bonds. The van der Waals surface area contributed by atoms with Gasteiger partial charge in [0.2, 0.25) is 0 Å². The number of aliphatic hydroxyl groups excluding tert-OH is 1. The van der Waals surface area contributed by atoms with Crippen molar-refractivity contribution < 1.29 is 14.6 Å². The molecule has 2 saturated heterocycles. The molecule has 29 heavy (non-hydrogen) atoms. The molecule has 2 fully saturated rings. The number of hydrogen-bond acceptors (Lipinski definition) is 8. The molecule has 0 radical (unpaired) electrons. The Labute approximate surface area is 181 Å². The molecule has 2 aliphatic rings. The molecule has 0 saturated carbocycles. The number of aliphatic hydroxyl groups is 1. The van der Waals surface area contributed by atoms with Crippen LogP contribution in [0.5, 0.6) is 0 Å². The zero-order chi connectivity index (χ0) is 20.4. The topological polar surface area (TPSA) is 84.1 Å². The normalized spacial score (nSPS) is 21.1. The molecular weight excluding hydrogens is 430 g/mol. The third kappa shape index (κ3) is 4.26. The average molecular weight is 450 g/mol. The second-order valence-electron chi connectivity index (χ2n) is 6.56. The van der Waals surface area contributed by atoms with Crippen molar-refractivity contribution in [1.29, 1.82) is 0 Å². The van der Waals surface area contributed by atoms with E-state index in [1.165, 1.54) is 27.9 Å². The molecule has 4 heterocycles. The SMILES string of the molecule is O=C1/C(=C/c2c(SCCO)nc3ccccn3c2=O)SC(=S)N1C[C@@H]1CCCO1. The zero-order valence-electron chi connectivity index (χ0n) is 15.4. The summed E-state index contributed by atoms with van der Waals surface area (Å²) in [5.74, 6) is 0.183. The minimum Gasteiger partial charge on any atom is -0.396 e. The predicted molar refractivity (Wildman–Crippen MR) is 118 cm³/mol. The van der Waals surface area contributed by atoms with E-state index in [1.54, 1.807) is 35.4 Å².